The van der Waals surface area contributed by atoms with Crippen molar-refractivity contribution in [3.63, 3.8) is 0 Å². The predicted octanol–water partition coefficient (Wildman–Crippen LogP) is 21.2. The van der Waals surface area contributed by atoms with Crippen LogP contribution in [-0.2, 0) is 18.4 Å². The van der Waals surface area contributed by atoms with Crippen molar-refractivity contribution < 1.29 is 32.9 Å². The van der Waals surface area contributed by atoms with Crippen molar-refractivity contribution in [1.29, 1.82) is 0 Å². The molecule has 0 bridgehead atoms. The lowest BCUT2D eigenvalue weighted by Crippen LogP contribution is -2.45. The standard InChI is InChI=1S/C70H129N2O6P/c1-6-8-10-12-14-16-18-20-22-24-26-28-30-31-32-33-34-35-36-37-38-39-40-41-42-44-46-48-50-52-54-56-58-60-62-64-70(74)71-68(67-78-79(75,76)77-66-65-72(3,4)5)69(73)63-61-59-57-55-53-51-49-47-45-43-29-27-25-23-21-19-17-15-13-11-9-7-2/h8,10,14,16,20,22,26,28,31-32,53,55,61,63,68-69,73H,6-7,9,11-13,15,17-19,21,23-25,27,29-30,33-52,54,56-60,62,64-67H2,1-5H3,(H-,71,74,75,76)/p+1/b10-8-,16-14-,22-20-,28-26-,32-31-,55-53+,63-61+. The molecule has 1 amide bonds. The van der Waals surface area contributed by atoms with Crippen LogP contribution in [0, 0.1) is 0 Å². The number of hydrogen-bond acceptors (Lipinski definition) is 5. The molecule has 0 radical (unpaired) electrons. The van der Waals surface area contributed by atoms with Crippen molar-refractivity contribution in [2.75, 3.05) is 40.9 Å². The van der Waals surface area contributed by atoms with E-state index in [1.54, 1.807) is 6.08 Å². The highest BCUT2D eigenvalue weighted by Gasteiger charge is 2.28. The van der Waals surface area contributed by atoms with E-state index in [-0.39, 0.29) is 19.1 Å². The lowest BCUT2D eigenvalue weighted by molar-refractivity contribution is -0.870. The van der Waals surface area contributed by atoms with Gasteiger partial charge in [-0.05, 0) is 77.0 Å². The summed E-state index contributed by atoms with van der Waals surface area (Å²) in [6, 6.07) is -0.867. The van der Waals surface area contributed by atoms with Gasteiger partial charge in [-0.25, -0.2) is 4.57 Å². The van der Waals surface area contributed by atoms with E-state index in [0.29, 0.717) is 17.4 Å². The van der Waals surface area contributed by atoms with Gasteiger partial charge >= 0.3 is 7.82 Å². The van der Waals surface area contributed by atoms with Gasteiger partial charge in [0.2, 0.25) is 5.91 Å². The average molecular weight is 1130 g/mol. The second kappa shape index (κ2) is 60.3. The summed E-state index contributed by atoms with van der Waals surface area (Å²) >= 11 is 0. The van der Waals surface area contributed by atoms with Crippen molar-refractivity contribution in [1.82, 2.24) is 5.32 Å². The van der Waals surface area contributed by atoms with Gasteiger partial charge < -0.3 is 19.8 Å². The van der Waals surface area contributed by atoms with E-state index in [4.69, 9.17) is 9.05 Å². The topological polar surface area (TPSA) is 105 Å². The normalized spacial score (nSPS) is 14.3. The molecule has 0 rings (SSSR count). The highest BCUT2D eigenvalue weighted by atomic mass is 31.2. The predicted molar refractivity (Wildman–Crippen MR) is 346 cm³/mol. The number of quaternary nitrogens is 1. The third-order valence-electron chi connectivity index (χ3n) is 14.8. The molecule has 0 fully saturated rings. The molecule has 0 heterocycles. The van der Waals surface area contributed by atoms with Crippen molar-refractivity contribution in [2.45, 2.75) is 315 Å². The van der Waals surface area contributed by atoms with Gasteiger partial charge in [-0.15, -0.1) is 0 Å². The Morgan fingerprint density at radius 2 is 0.772 bits per heavy atom. The molecule has 0 aromatic carbocycles. The van der Waals surface area contributed by atoms with Gasteiger partial charge in [0, 0.05) is 6.42 Å². The van der Waals surface area contributed by atoms with E-state index in [1.165, 1.54) is 212 Å². The van der Waals surface area contributed by atoms with Gasteiger partial charge in [0.1, 0.15) is 13.2 Å². The van der Waals surface area contributed by atoms with E-state index in [1.807, 2.05) is 27.2 Å². The molecule has 0 aliphatic carbocycles. The number of allylic oxidation sites excluding steroid dienone is 13. The lowest BCUT2D eigenvalue weighted by atomic mass is 10.0. The van der Waals surface area contributed by atoms with Crippen molar-refractivity contribution in [3.8, 4) is 0 Å². The molecule has 3 atom stereocenters. The average Bonchev–Trinajstić information content (AvgIpc) is 3.42. The van der Waals surface area contributed by atoms with Crippen LogP contribution in [0.1, 0.15) is 303 Å². The van der Waals surface area contributed by atoms with Crippen LogP contribution < -0.4 is 5.32 Å². The number of aliphatic hydroxyl groups excluding tert-OH is 1. The Labute approximate surface area is 490 Å². The van der Waals surface area contributed by atoms with Crippen LogP contribution in [0.25, 0.3) is 0 Å². The maximum atomic E-state index is 13.0. The summed E-state index contributed by atoms with van der Waals surface area (Å²) in [6.07, 6.45) is 85.8. The number of likely N-dealkylation sites (N-methyl/N-ethyl adjacent to an activating group) is 1. The molecule has 8 nitrogen and oxygen atoms in total. The molecule has 460 valence electrons. The largest absolute Gasteiger partial charge is 0.472 e. The fourth-order valence-electron chi connectivity index (χ4n) is 9.68. The molecule has 0 aliphatic rings. The molecule has 0 aromatic rings. The number of aliphatic hydroxyl groups is 1. The van der Waals surface area contributed by atoms with E-state index in [0.717, 1.165) is 70.6 Å². The quantitative estimate of drug-likeness (QED) is 0.0243. The summed E-state index contributed by atoms with van der Waals surface area (Å²) in [5.74, 6) is -0.184. The Morgan fingerprint density at radius 3 is 1.16 bits per heavy atom. The second-order valence-corrected chi connectivity index (χ2v) is 25.3. The monoisotopic (exact) mass is 1130 g/mol. The SMILES string of the molecule is CC/C=C\C/C=C\C/C=C\C/C=C\C/C=C\CCCCCCCCCCCCCCCCCCCCCC(=O)NC(COP(=O)(O)OCC[N+](C)(C)C)C(O)/C=C/CC/C=C/CCCCCCCCCCCCCCCCCC. The summed E-state index contributed by atoms with van der Waals surface area (Å²) in [6.45, 7) is 4.71. The van der Waals surface area contributed by atoms with Crippen molar-refractivity contribution >= 4 is 13.7 Å². The Bertz CT molecular complexity index is 1560. The maximum Gasteiger partial charge on any atom is 0.472 e. The number of nitrogens with zero attached hydrogens (tertiary/aromatic N) is 1. The summed E-state index contributed by atoms with van der Waals surface area (Å²) < 4.78 is 23.8. The van der Waals surface area contributed by atoms with Crippen LogP contribution >= 0.6 is 7.82 Å². The van der Waals surface area contributed by atoms with E-state index >= 15 is 0 Å². The third-order valence-corrected chi connectivity index (χ3v) is 15.8. The molecule has 0 spiro atoms. The van der Waals surface area contributed by atoms with Gasteiger partial charge in [-0.3, -0.25) is 13.8 Å². The Kier molecular flexibility index (Phi) is 58.5. The number of unbranched alkanes of at least 4 members (excludes halogenated alkanes) is 36. The van der Waals surface area contributed by atoms with Crippen LogP contribution in [0.3, 0.4) is 0 Å². The van der Waals surface area contributed by atoms with Crippen LogP contribution in [0.4, 0.5) is 0 Å². The smallest absolute Gasteiger partial charge is 0.387 e. The Hall–Kier alpha value is -2.32. The maximum absolute atomic E-state index is 13.0. The first-order valence-corrected chi connectivity index (χ1v) is 35.0. The zero-order chi connectivity index (χ0) is 57.7. The fraction of sp³-hybridized carbons (Fsp3) is 0.786. The first-order chi connectivity index (χ1) is 38.5. The van der Waals surface area contributed by atoms with Crippen molar-refractivity contribution in [3.05, 3.63) is 85.1 Å². The van der Waals surface area contributed by atoms with Gasteiger partial charge in [0.15, 0.2) is 0 Å². The Morgan fingerprint density at radius 1 is 0.443 bits per heavy atom. The van der Waals surface area contributed by atoms with Gasteiger partial charge in [-0.2, -0.15) is 0 Å². The zero-order valence-corrected chi connectivity index (χ0v) is 53.5. The molecule has 3 unspecified atom stereocenters. The number of hydrogen-bond donors (Lipinski definition) is 3. The molecule has 9 heteroatoms. The summed E-state index contributed by atoms with van der Waals surface area (Å²) in [4.78, 5) is 23.4. The minimum absolute atomic E-state index is 0.0551. The minimum Gasteiger partial charge on any atom is -0.387 e. The molecular formula is C70H130N2O6P+. The number of phosphoric acid groups is 1. The van der Waals surface area contributed by atoms with Crippen molar-refractivity contribution in [2.24, 2.45) is 0 Å². The second-order valence-electron chi connectivity index (χ2n) is 23.8. The molecular weight excluding hydrogens is 996 g/mol. The molecule has 0 aliphatic heterocycles. The van der Waals surface area contributed by atoms with E-state index < -0.39 is 20.0 Å². The highest BCUT2D eigenvalue weighted by Crippen LogP contribution is 2.43. The van der Waals surface area contributed by atoms with Crippen LogP contribution in [0.5, 0.6) is 0 Å². The summed E-state index contributed by atoms with van der Waals surface area (Å²) in [5, 5.41) is 14.0. The molecule has 79 heavy (non-hydrogen) atoms. The summed E-state index contributed by atoms with van der Waals surface area (Å²) in [5.41, 5.74) is 0. The van der Waals surface area contributed by atoms with Gasteiger partial charge in [0.05, 0.1) is 39.9 Å². The number of carbonyl (C=O) groups is 1. The first-order valence-electron chi connectivity index (χ1n) is 33.5. The molecule has 3 N–H and O–H groups in total. The van der Waals surface area contributed by atoms with Crippen LogP contribution in [0.15, 0.2) is 85.1 Å². The number of amides is 1. The fourth-order valence-corrected chi connectivity index (χ4v) is 10.4. The number of nitrogens with one attached hydrogen (secondary N) is 1. The van der Waals surface area contributed by atoms with Crippen LogP contribution in [-0.4, -0.2) is 73.4 Å². The summed E-state index contributed by atoms with van der Waals surface area (Å²) in [7, 11) is 1.56. The third kappa shape index (κ3) is 63.1. The molecule has 0 aromatic heterocycles. The number of carbonyl (C=O) groups excluding carboxylic acids is 1. The van der Waals surface area contributed by atoms with Gasteiger partial charge in [0.25, 0.3) is 0 Å². The highest BCUT2D eigenvalue weighted by molar-refractivity contribution is 7.47. The Balaban J connectivity index is 4.08. The van der Waals surface area contributed by atoms with E-state index in [2.05, 4.69) is 92.1 Å². The lowest BCUT2D eigenvalue weighted by Gasteiger charge is -2.25. The minimum atomic E-state index is -4.36. The number of rotatable bonds is 61. The number of phosphoric ester groups is 1. The first kappa shape index (κ1) is 76.7. The van der Waals surface area contributed by atoms with E-state index in [9.17, 15) is 19.4 Å². The molecule has 0 saturated carbocycles. The zero-order valence-electron chi connectivity index (χ0n) is 52.6. The van der Waals surface area contributed by atoms with Crippen LogP contribution in [0.2, 0.25) is 0 Å². The molecule has 0 saturated heterocycles. The van der Waals surface area contributed by atoms with Gasteiger partial charge in [-0.1, -0.05) is 304 Å².